The Labute approximate surface area is 174 Å². The third-order valence-electron chi connectivity index (χ3n) is 5.75. The van der Waals surface area contributed by atoms with Gasteiger partial charge in [-0.1, -0.05) is 18.2 Å². The van der Waals surface area contributed by atoms with Crippen LogP contribution in [0.3, 0.4) is 0 Å². The van der Waals surface area contributed by atoms with E-state index >= 15 is 0 Å². The summed E-state index contributed by atoms with van der Waals surface area (Å²) in [5.41, 5.74) is 1.18. The van der Waals surface area contributed by atoms with Crippen LogP contribution in [0.4, 0.5) is 0 Å². The number of carbonyl (C=O) groups is 3. The molecule has 3 aliphatic rings. The van der Waals surface area contributed by atoms with Gasteiger partial charge in [0.2, 0.25) is 0 Å². The first-order valence-corrected chi connectivity index (χ1v) is 9.37. The van der Waals surface area contributed by atoms with Gasteiger partial charge in [-0.25, -0.2) is 4.79 Å². The first-order chi connectivity index (χ1) is 14.4. The molecule has 0 spiro atoms. The molecule has 1 aromatic rings. The smallest absolute Gasteiger partial charge is 0.330 e. The summed E-state index contributed by atoms with van der Waals surface area (Å²) in [6.07, 6.45) is 3.10. The normalized spacial score (nSPS) is 27.6. The van der Waals surface area contributed by atoms with Crippen LogP contribution in [0.15, 0.2) is 42.0 Å². The lowest BCUT2D eigenvalue weighted by Crippen LogP contribution is -2.54. The quantitative estimate of drug-likeness (QED) is 0.548. The Bertz CT molecular complexity index is 916. The van der Waals surface area contributed by atoms with Gasteiger partial charge in [0.25, 0.3) is 0 Å². The molecule has 0 saturated heterocycles. The van der Waals surface area contributed by atoms with Crippen molar-refractivity contribution >= 4 is 17.7 Å². The minimum absolute atomic E-state index is 0.468. The number of allylic oxidation sites excluding steroid dienone is 2. The number of benzene rings is 1. The van der Waals surface area contributed by atoms with E-state index in [2.05, 4.69) is 4.74 Å². The van der Waals surface area contributed by atoms with E-state index in [0.717, 1.165) is 0 Å². The molecular weight excluding hydrogens is 392 g/mol. The summed E-state index contributed by atoms with van der Waals surface area (Å²) in [5, 5.41) is 10.6. The standard InChI is InChI=1S/C22H24O8/c1-27-14-7-5-12(10-15(14)28-2)17-13-9-11(6-8-16(23)29-3)18(21(25)20(13)24)19(17)22(26)30-4/h5-10,13,17-20,24H,1-4H3/b8-6+/t13?,17?,18?,19?,20-/m0/s1. The molecule has 1 aromatic carbocycles. The summed E-state index contributed by atoms with van der Waals surface area (Å²) in [4.78, 5) is 37.1. The molecule has 4 unspecified atom stereocenters. The lowest BCUT2D eigenvalue weighted by molar-refractivity contribution is -0.158. The molecule has 1 fully saturated rings. The van der Waals surface area contributed by atoms with Gasteiger partial charge in [0.15, 0.2) is 17.3 Å². The molecular formula is C22H24O8. The molecule has 0 amide bonds. The Morgan fingerprint density at radius 1 is 1.03 bits per heavy atom. The van der Waals surface area contributed by atoms with Crippen LogP contribution in [0.25, 0.3) is 0 Å². The molecule has 4 rings (SSSR count). The molecule has 0 aromatic heterocycles. The van der Waals surface area contributed by atoms with Crippen molar-refractivity contribution in [3.8, 4) is 11.5 Å². The fraction of sp³-hybridized carbons (Fsp3) is 0.409. The number of hydrogen-bond donors (Lipinski definition) is 1. The Morgan fingerprint density at radius 2 is 1.73 bits per heavy atom. The molecule has 0 aliphatic heterocycles. The fourth-order valence-corrected chi connectivity index (χ4v) is 4.39. The summed E-state index contributed by atoms with van der Waals surface area (Å²) >= 11 is 0. The van der Waals surface area contributed by atoms with E-state index in [-0.39, 0.29) is 0 Å². The van der Waals surface area contributed by atoms with E-state index in [9.17, 15) is 19.5 Å². The fourth-order valence-electron chi connectivity index (χ4n) is 4.39. The number of fused-ring (bicyclic) bond motifs is 2. The number of aliphatic hydroxyl groups excluding tert-OH is 1. The summed E-state index contributed by atoms with van der Waals surface area (Å²) in [6, 6.07) is 5.22. The van der Waals surface area contributed by atoms with Gasteiger partial charge >= 0.3 is 11.9 Å². The summed E-state index contributed by atoms with van der Waals surface area (Å²) in [6.45, 7) is 0. The van der Waals surface area contributed by atoms with Crippen molar-refractivity contribution < 1.29 is 38.4 Å². The second-order valence-corrected chi connectivity index (χ2v) is 7.11. The Balaban J connectivity index is 2.13. The van der Waals surface area contributed by atoms with Gasteiger partial charge in [-0.15, -0.1) is 0 Å². The lowest BCUT2D eigenvalue weighted by atomic mass is 9.56. The van der Waals surface area contributed by atoms with Crippen molar-refractivity contribution in [2.75, 3.05) is 28.4 Å². The first kappa shape index (κ1) is 21.6. The Morgan fingerprint density at radius 3 is 2.33 bits per heavy atom. The minimum Gasteiger partial charge on any atom is -0.493 e. The second-order valence-electron chi connectivity index (χ2n) is 7.11. The third kappa shape index (κ3) is 3.59. The predicted molar refractivity (Wildman–Crippen MR) is 105 cm³/mol. The molecule has 5 atom stereocenters. The van der Waals surface area contributed by atoms with E-state index in [1.165, 1.54) is 40.6 Å². The van der Waals surface area contributed by atoms with E-state index in [1.807, 2.05) is 0 Å². The van der Waals surface area contributed by atoms with E-state index < -0.39 is 47.5 Å². The number of Topliss-reactive ketones (excluding diaryl/α,β-unsaturated/α-hetero) is 1. The zero-order chi connectivity index (χ0) is 22.0. The number of methoxy groups -OCH3 is 4. The average molecular weight is 416 g/mol. The van der Waals surface area contributed by atoms with Crippen LogP contribution in [-0.2, 0) is 23.9 Å². The van der Waals surface area contributed by atoms with Crippen LogP contribution < -0.4 is 9.47 Å². The van der Waals surface area contributed by atoms with Crippen LogP contribution in [0.1, 0.15) is 11.5 Å². The number of ether oxygens (including phenoxy) is 4. The molecule has 1 N–H and O–H groups in total. The SMILES string of the molecule is COC(=O)/C=C/C1=CC2C(c3ccc(OC)c(OC)c3)C(C(=O)OC)C1C(=O)[C@H]2O. The highest BCUT2D eigenvalue weighted by atomic mass is 16.5. The van der Waals surface area contributed by atoms with Gasteiger partial charge in [-0.2, -0.15) is 0 Å². The van der Waals surface area contributed by atoms with Gasteiger partial charge in [-0.3, -0.25) is 9.59 Å². The number of hydrogen-bond acceptors (Lipinski definition) is 8. The first-order valence-electron chi connectivity index (χ1n) is 9.37. The Kier molecular flexibility index (Phi) is 6.26. The minimum atomic E-state index is -1.27. The molecule has 2 bridgehead atoms. The Hall–Kier alpha value is -3.13. The van der Waals surface area contributed by atoms with Crippen molar-refractivity contribution in [1.29, 1.82) is 0 Å². The second kappa shape index (κ2) is 8.71. The van der Waals surface area contributed by atoms with Crippen LogP contribution in [-0.4, -0.2) is 57.4 Å². The molecule has 8 nitrogen and oxygen atoms in total. The maximum absolute atomic E-state index is 12.8. The van der Waals surface area contributed by atoms with Crippen LogP contribution in [0, 0.1) is 17.8 Å². The van der Waals surface area contributed by atoms with E-state index in [0.29, 0.717) is 22.6 Å². The highest BCUT2D eigenvalue weighted by Gasteiger charge is 2.56. The summed E-state index contributed by atoms with van der Waals surface area (Å²) < 4.78 is 20.2. The van der Waals surface area contributed by atoms with Crippen molar-refractivity contribution in [1.82, 2.24) is 0 Å². The van der Waals surface area contributed by atoms with Gasteiger partial charge < -0.3 is 24.1 Å². The summed E-state index contributed by atoms with van der Waals surface area (Å²) in [5.74, 6) is -3.65. The molecule has 3 aliphatic carbocycles. The number of rotatable bonds is 6. The van der Waals surface area contributed by atoms with Crippen LogP contribution in [0.5, 0.6) is 11.5 Å². The van der Waals surface area contributed by atoms with Gasteiger partial charge in [0.1, 0.15) is 6.10 Å². The number of ketones is 1. The number of esters is 2. The van der Waals surface area contributed by atoms with Gasteiger partial charge in [-0.05, 0) is 23.3 Å². The van der Waals surface area contributed by atoms with Gasteiger partial charge in [0.05, 0.1) is 40.3 Å². The van der Waals surface area contributed by atoms with E-state index in [4.69, 9.17) is 14.2 Å². The highest BCUT2D eigenvalue weighted by Crippen LogP contribution is 2.52. The predicted octanol–water partition coefficient (Wildman–Crippen LogP) is 1.42. The van der Waals surface area contributed by atoms with Crippen molar-refractivity contribution in [2.24, 2.45) is 17.8 Å². The molecule has 30 heavy (non-hydrogen) atoms. The average Bonchev–Trinajstić information content (AvgIpc) is 2.78. The van der Waals surface area contributed by atoms with Gasteiger partial charge in [0, 0.05) is 17.9 Å². The van der Waals surface area contributed by atoms with E-state index in [1.54, 1.807) is 24.3 Å². The molecule has 0 heterocycles. The number of aliphatic hydroxyl groups is 1. The number of carbonyl (C=O) groups excluding carboxylic acids is 3. The van der Waals surface area contributed by atoms with Crippen LogP contribution in [0.2, 0.25) is 0 Å². The molecule has 160 valence electrons. The molecule has 1 saturated carbocycles. The zero-order valence-electron chi connectivity index (χ0n) is 17.2. The maximum atomic E-state index is 12.8. The highest BCUT2D eigenvalue weighted by molar-refractivity contribution is 5.97. The van der Waals surface area contributed by atoms with Crippen molar-refractivity contribution in [2.45, 2.75) is 12.0 Å². The third-order valence-corrected chi connectivity index (χ3v) is 5.75. The maximum Gasteiger partial charge on any atom is 0.330 e. The monoisotopic (exact) mass is 416 g/mol. The lowest BCUT2D eigenvalue weighted by Gasteiger charge is -2.47. The largest absolute Gasteiger partial charge is 0.493 e. The van der Waals surface area contributed by atoms with Crippen molar-refractivity contribution in [3.05, 3.63) is 47.6 Å². The van der Waals surface area contributed by atoms with Crippen molar-refractivity contribution in [3.63, 3.8) is 0 Å². The molecule has 8 heteroatoms. The zero-order valence-corrected chi connectivity index (χ0v) is 17.2. The summed E-state index contributed by atoms with van der Waals surface area (Å²) in [7, 11) is 5.51. The topological polar surface area (TPSA) is 108 Å². The van der Waals surface area contributed by atoms with Crippen LogP contribution >= 0.6 is 0 Å². The molecule has 0 radical (unpaired) electrons.